The monoisotopic (exact) mass is 269 g/mol. The molecule has 0 aliphatic rings. The fourth-order valence-electron chi connectivity index (χ4n) is 1.58. The van der Waals surface area contributed by atoms with Gasteiger partial charge in [-0.1, -0.05) is 0 Å². The number of amides is 1. The lowest BCUT2D eigenvalue weighted by Gasteiger charge is -2.22. The van der Waals surface area contributed by atoms with Crippen LogP contribution in [-0.2, 0) is 9.53 Å². The minimum absolute atomic E-state index is 0.270. The summed E-state index contributed by atoms with van der Waals surface area (Å²) in [6, 6.07) is 0.961. The Bertz CT molecular complexity index is 458. The average molecular weight is 269 g/mol. The molecular formula is C13H19NO5. The molecule has 106 valence electrons. The van der Waals surface area contributed by atoms with Crippen molar-refractivity contribution in [2.75, 3.05) is 0 Å². The van der Waals surface area contributed by atoms with E-state index in [-0.39, 0.29) is 6.42 Å². The third kappa shape index (κ3) is 5.03. The zero-order valence-electron chi connectivity index (χ0n) is 11.5. The van der Waals surface area contributed by atoms with Crippen molar-refractivity contribution < 1.29 is 23.8 Å². The fraction of sp³-hybridized carbons (Fsp3) is 0.538. The van der Waals surface area contributed by atoms with E-state index in [0.29, 0.717) is 5.76 Å². The number of carbonyl (C=O) groups is 2. The Morgan fingerprint density at radius 3 is 2.53 bits per heavy atom. The number of rotatable bonds is 4. The molecule has 1 heterocycles. The number of furan rings is 1. The molecule has 1 aromatic heterocycles. The van der Waals surface area contributed by atoms with Crippen LogP contribution in [0.15, 0.2) is 16.7 Å². The molecule has 6 heteroatoms. The van der Waals surface area contributed by atoms with Crippen LogP contribution in [0.3, 0.4) is 0 Å². The molecule has 1 rings (SSSR count). The molecule has 0 fully saturated rings. The molecular weight excluding hydrogens is 250 g/mol. The number of alkyl carbamates (subject to hydrolysis) is 1. The van der Waals surface area contributed by atoms with Crippen LogP contribution in [-0.4, -0.2) is 22.8 Å². The molecule has 0 aliphatic carbocycles. The van der Waals surface area contributed by atoms with Gasteiger partial charge in [0.15, 0.2) is 0 Å². The maximum absolute atomic E-state index is 11.7. The topological polar surface area (TPSA) is 88.8 Å². The molecule has 1 aromatic rings. The highest BCUT2D eigenvalue weighted by molar-refractivity contribution is 5.72. The zero-order valence-corrected chi connectivity index (χ0v) is 11.5. The van der Waals surface area contributed by atoms with Crippen LogP contribution in [0.4, 0.5) is 4.79 Å². The molecule has 0 bridgehead atoms. The first-order valence-corrected chi connectivity index (χ1v) is 5.94. The lowest BCUT2D eigenvalue weighted by Crippen LogP contribution is -2.35. The van der Waals surface area contributed by atoms with E-state index in [2.05, 4.69) is 5.32 Å². The largest absolute Gasteiger partial charge is 0.481 e. The summed E-state index contributed by atoms with van der Waals surface area (Å²) in [4.78, 5) is 22.5. The lowest BCUT2D eigenvalue weighted by atomic mass is 10.1. The van der Waals surface area contributed by atoms with Gasteiger partial charge in [0.2, 0.25) is 0 Å². The Morgan fingerprint density at radius 1 is 1.47 bits per heavy atom. The van der Waals surface area contributed by atoms with E-state index >= 15 is 0 Å². The van der Waals surface area contributed by atoms with E-state index in [0.717, 1.165) is 5.56 Å². The summed E-state index contributed by atoms with van der Waals surface area (Å²) < 4.78 is 10.3. The molecule has 1 atom stereocenters. The van der Waals surface area contributed by atoms with Gasteiger partial charge in [-0.15, -0.1) is 0 Å². The van der Waals surface area contributed by atoms with Crippen LogP contribution in [0.25, 0.3) is 0 Å². The normalized spacial score (nSPS) is 12.8. The van der Waals surface area contributed by atoms with Crippen molar-refractivity contribution in [2.45, 2.75) is 45.8 Å². The number of hydrogen-bond acceptors (Lipinski definition) is 4. The van der Waals surface area contributed by atoms with E-state index in [4.69, 9.17) is 14.3 Å². The van der Waals surface area contributed by atoms with Crippen molar-refractivity contribution in [1.29, 1.82) is 0 Å². The Balaban J connectivity index is 2.79. The van der Waals surface area contributed by atoms with Gasteiger partial charge in [-0.05, 0) is 39.3 Å². The van der Waals surface area contributed by atoms with Gasteiger partial charge < -0.3 is 19.6 Å². The fourth-order valence-corrected chi connectivity index (χ4v) is 1.58. The number of ether oxygens (including phenoxy) is 1. The van der Waals surface area contributed by atoms with Gasteiger partial charge in [0.05, 0.1) is 12.7 Å². The third-order valence-corrected chi connectivity index (χ3v) is 2.29. The molecule has 0 unspecified atom stereocenters. The van der Waals surface area contributed by atoms with E-state index in [1.807, 2.05) is 0 Å². The Morgan fingerprint density at radius 2 is 2.11 bits per heavy atom. The van der Waals surface area contributed by atoms with Crippen molar-refractivity contribution in [3.05, 3.63) is 23.7 Å². The van der Waals surface area contributed by atoms with Crippen molar-refractivity contribution in [2.24, 2.45) is 0 Å². The van der Waals surface area contributed by atoms with Crippen LogP contribution in [0.1, 0.15) is 44.6 Å². The number of carbonyl (C=O) groups excluding carboxylic acids is 1. The molecule has 0 saturated heterocycles. The predicted molar refractivity (Wildman–Crippen MR) is 67.8 cm³/mol. The quantitative estimate of drug-likeness (QED) is 0.877. The van der Waals surface area contributed by atoms with E-state index in [1.54, 1.807) is 33.8 Å². The van der Waals surface area contributed by atoms with Gasteiger partial charge >= 0.3 is 12.1 Å². The van der Waals surface area contributed by atoms with Crippen molar-refractivity contribution >= 4 is 12.1 Å². The van der Waals surface area contributed by atoms with Gasteiger partial charge in [0, 0.05) is 0 Å². The summed E-state index contributed by atoms with van der Waals surface area (Å²) in [5.74, 6) is -0.606. The van der Waals surface area contributed by atoms with Crippen LogP contribution in [0.5, 0.6) is 0 Å². The van der Waals surface area contributed by atoms with Crippen LogP contribution < -0.4 is 5.32 Å². The first kappa shape index (κ1) is 15.1. The summed E-state index contributed by atoms with van der Waals surface area (Å²) in [6.45, 7) is 6.98. The SMILES string of the molecule is Cc1ccoc1[C@H](CC(=O)O)NC(=O)OC(C)(C)C. The molecule has 0 saturated carbocycles. The van der Waals surface area contributed by atoms with Gasteiger partial charge in [-0.25, -0.2) is 4.79 Å². The molecule has 6 nitrogen and oxygen atoms in total. The summed E-state index contributed by atoms with van der Waals surface area (Å²) in [6.07, 6.45) is 0.513. The van der Waals surface area contributed by atoms with Gasteiger partial charge in [0.1, 0.15) is 17.4 Å². The van der Waals surface area contributed by atoms with Crippen LogP contribution in [0, 0.1) is 6.92 Å². The standard InChI is InChI=1S/C13H19NO5/c1-8-5-6-18-11(8)9(7-10(15)16)14-12(17)19-13(2,3)4/h5-6,9H,7H2,1-4H3,(H,14,17)(H,15,16)/t9-/m0/s1. The molecule has 2 N–H and O–H groups in total. The molecule has 0 aromatic carbocycles. The van der Waals surface area contributed by atoms with E-state index < -0.39 is 23.7 Å². The molecule has 0 aliphatic heterocycles. The van der Waals surface area contributed by atoms with Gasteiger partial charge in [0.25, 0.3) is 0 Å². The second-order valence-electron chi connectivity index (χ2n) is 5.26. The minimum Gasteiger partial charge on any atom is -0.481 e. The summed E-state index contributed by atoms with van der Waals surface area (Å²) >= 11 is 0. The number of carboxylic acid groups (broad SMARTS) is 1. The average Bonchev–Trinajstić information content (AvgIpc) is 2.59. The molecule has 19 heavy (non-hydrogen) atoms. The minimum atomic E-state index is -1.03. The Hall–Kier alpha value is -1.98. The summed E-state index contributed by atoms with van der Waals surface area (Å²) in [5, 5.41) is 11.4. The van der Waals surface area contributed by atoms with Crippen LogP contribution in [0.2, 0.25) is 0 Å². The number of nitrogens with one attached hydrogen (secondary N) is 1. The maximum Gasteiger partial charge on any atom is 0.408 e. The Kier molecular flexibility index (Phi) is 4.58. The summed E-state index contributed by atoms with van der Waals surface area (Å²) in [7, 11) is 0. The number of aliphatic carboxylic acids is 1. The first-order chi connectivity index (χ1) is 8.69. The molecule has 0 radical (unpaired) electrons. The van der Waals surface area contributed by atoms with Gasteiger partial charge in [-0.2, -0.15) is 0 Å². The second-order valence-corrected chi connectivity index (χ2v) is 5.26. The molecule has 1 amide bonds. The van der Waals surface area contributed by atoms with Crippen molar-refractivity contribution in [3.63, 3.8) is 0 Å². The smallest absolute Gasteiger partial charge is 0.408 e. The van der Waals surface area contributed by atoms with Gasteiger partial charge in [-0.3, -0.25) is 4.79 Å². The van der Waals surface area contributed by atoms with Crippen molar-refractivity contribution in [1.82, 2.24) is 5.32 Å². The highest BCUT2D eigenvalue weighted by Gasteiger charge is 2.25. The highest BCUT2D eigenvalue weighted by Crippen LogP contribution is 2.22. The zero-order chi connectivity index (χ0) is 14.6. The number of carboxylic acids is 1. The predicted octanol–water partition coefficient (Wildman–Crippen LogP) is 2.63. The molecule has 0 spiro atoms. The van der Waals surface area contributed by atoms with E-state index in [9.17, 15) is 9.59 Å². The maximum atomic E-state index is 11.7. The summed E-state index contributed by atoms with van der Waals surface area (Å²) in [5.41, 5.74) is 0.137. The lowest BCUT2D eigenvalue weighted by molar-refractivity contribution is -0.137. The van der Waals surface area contributed by atoms with E-state index in [1.165, 1.54) is 6.26 Å². The number of hydrogen-bond donors (Lipinski definition) is 2. The first-order valence-electron chi connectivity index (χ1n) is 5.94. The Labute approximate surface area is 111 Å². The van der Waals surface area contributed by atoms with Crippen molar-refractivity contribution in [3.8, 4) is 0 Å². The highest BCUT2D eigenvalue weighted by atomic mass is 16.6. The number of aryl methyl sites for hydroxylation is 1. The third-order valence-electron chi connectivity index (χ3n) is 2.29. The van der Waals surface area contributed by atoms with Crippen LogP contribution >= 0.6 is 0 Å². The second kappa shape index (κ2) is 5.77.